The summed E-state index contributed by atoms with van der Waals surface area (Å²) in [5.74, 6) is 1.30. The van der Waals surface area contributed by atoms with Crippen LogP contribution in [0.1, 0.15) is 37.3 Å². The topological polar surface area (TPSA) is 68.1 Å². The molecule has 0 amide bonds. The number of ether oxygens (including phenoxy) is 2. The van der Waals surface area contributed by atoms with Crippen LogP contribution < -0.4 is 9.47 Å². The summed E-state index contributed by atoms with van der Waals surface area (Å²) in [6.07, 6.45) is 1.40. The van der Waals surface area contributed by atoms with Crippen LogP contribution in [0.2, 0.25) is 0 Å². The van der Waals surface area contributed by atoms with Gasteiger partial charge in [-0.1, -0.05) is 6.07 Å². The minimum absolute atomic E-state index is 0.0538. The standard InChI is InChI=1S/C18H21NO4/c1-17(21)7-6-12(20)16-18(17)9-11(19-2)8-10-4-5-13(22-3)15(23-16)14(10)18/h4-5,16,21H,6-9H2,1-3H3/t16-,17-,18-/m0/s1. The van der Waals surface area contributed by atoms with Crippen molar-refractivity contribution in [2.75, 3.05) is 14.2 Å². The van der Waals surface area contributed by atoms with E-state index in [1.54, 1.807) is 14.2 Å². The molecule has 3 atom stereocenters. The molecule has 4 rings (SSSR count). The Labute approximate surface area is 135 Å². The molecule has 3 aliphatic rings. The molecule has 1 spiro atoms. The molecule has 1 N–H and O–H groups in total. The van der Waals surface area contributed by atoms with Crippen LogP contribution in [0, 0.1) is 0 Å². The van der Waals surface area contributed by atoms with E-state index in [1.807, 2.05) is 19.1 Å². The number of aliphatic imine (C=N–C) groups is 1. The van der Waals surface area contributed by atoms with Crippen LogP contribution in [0.25, 0.3) is 0 Å². The molecule has 2 aliphatic carbocycles. The van der Waals surface area contributed by atoms with Gasteiger partial charge in [-0.05, 0) is 25.0 Å². The highest BCUT2D eigenvalue weighted by atomic mass is 16.5. The molecule has 1 saturated carbocycles. The van der Waals surface area contributed by atoms with E-state index in [0.29, 0.717) is 30.8 Å². The fraction of sp³-hybridized carbons (Fsp3) is 0.556. The Morgan fingerprint density at radius 2 is 2.22 bits per heavy atom. The maximum Gasteiger partial charge on any atom is 0.174 e. The number of nitrogens with zero attached hydrogens (tertiary/aromatic N) is 1. The molecule has 0 saturated heterocycles. The van der Waals surface area contributed by atoms with Gasteiger partial charge >= 0.3 is 0 Å². The number of Topliss-reactive ketones (excluding diaryl/α,β-unsaturated/α-hetero) is 1. The molecule has 0 aromatic heterocycles. The van der Waals surface area contributed by atoms with Crippen LogP contribution in [0.5, 0.6) is 11.5 Å². The molecule has 0 radical (unpaired) electrons. The summed E-state index contributed by atoms with van der Waals surface area (Å²) >= 11 is 0. The molecule has 0 unspecified atom stereocenters. The molecule has 122 valence electrons. The molecule has 1 heterocycles. The summed E-state index contributed by atoms with van der Waals surface area (Å²) in [6.45, 7) is 1.83. The Kier molecular flexibility index (Phi) is 2.92. The van der Waals surface area contributed by atoms with Crippen LogP contribution >= 0.6 is 0 Å². The van der Waals surface area contributed by atoms with Crippen molar-refractivity contribution in [3.63, 3.8) is 0 Å². The zero-order valence-electron chi connectivity index (χ0n) is 13.7. The SMILES string of the molecule is CN=C1Cc2ccc(OC)c3c2[C@@]2(C1)[C@@H](O3)C(=O)CC[C@]2(C)O. The van der Waals surface area contributed by atoms with Crippen LogP contribution in [-0.4, -0.2) is 42.5 Å². The zero-order chi connectivity index (χ0) is 16.4. The highest BCUT2D eigenvalue weighted by Gasteiger charge is 2.66. The van der Waals surface area contributed by atoms with E-state index in [1.165, 1.54) is 0 Å². The maximum atomic E-state index is 12.6. The molecule has 23 heavy (non-hydrogen) atoms. The monoisotopic (exact) mass is 315 g/mol. The van der Waals surface area contributed by atoms with Gasteiger partial charge in [-0.25, -0.2) is 0 Å². The number of benzene rings is 1. The Morgan fingerprint density at radius 1 is 1.43 bits per heavy atom. The van der Waals surface area contributed by atoms with Gasteiger partial charge in [0.1, 0.15) is 0 Å². The molecule has 1 aromatic carbocycles. The molecule has 1 aromatic rings. The average Bonchev–Trinajstić information content (AvgIpc) is 2.91. The van der Waals surface area contributed by atoms with Crippen molar-refractivity contribution in [1.82, 2.24) is 0 Å². The third-order valence-electron chi connectivity index (χ3n) is 5.86. The van der Waals surface area contributed by atoms with Gasteiger partial charge in [-0.3, -0.25) is 9.79 Å². The number of hydrogen-bond acceptors (Lipinski definition) is 5. The number of ketones is 1. The van der Waals surface area contributed by atoms with E-state index in [4.69, 9.17) is 9.47 Å². The van der Waals surface area contributed by atoms with Gasteiger partial charge in [-0.15, -0.1) is 0 Å². The van der Waals surface area contributed by atoms with E-state index in [2.05, 4.69) is 4.99 Å². The quantitative estimate of drug-likeness (QED) is 0.858. The van der Waals surface area contributed by atoms with E-state index >= 15 is 0 Å². The van der Waals surface area contributed by atoms with E-state index < -0.39 is 17.1 Å². The van der Waals surface area contributed by atoms with Crippen molar-refractivity contribution < 1.29 is 19.4 Å². The van der Waals surface area contributed by atoms with Crippen molar-refractivity contribution in [2.45, 2.75) is 49.7 Å². The van der Waals surface area contributed by atoms with Crippen LogP contribution in [0.4, 0.5) is 0 Å². The first kappa shape index (κ1) is 14.7. The Hall–Kier alpha value is -1.88. The first-order valence-corrected chi connectivity index (χ1v) is 8.01. The number of aliphatic hydroxyl groups is 1. The summed E-state index contributed by atoms with van der Waals surface area (Å²) in [5.41, 5.74) is 1.25. The first-order valence-electron chi connectivity index (χ1n) is 8.01. The minimum Gasteiger partial charge on any atom is -0.493 e. The zero-order valence-corrected chi connectivity index (χ0v) is 13.7. The van der Waals surface area contributed by atoms with Gasteiger partial charge in [0.2, 0.25) is 0 Å². The summed E-state index contributed by atoms with van der Waals surface area (Å²) in [4.78, 5) is 17.0. The fourth-order valence-electron chi connectivity index (χ4n) is 4.61. The molecule has 1 fully saturated rings. The van der Waals surface area contributed by atoms with Gasteiger partial charge in [0.05, 0.1) is 18.1 Å². The highest BCUT2D eigenvalue weighted by Crippen LogP contribution is 2.60. The van der Waals surface area contributed by atoms with Crippen molar-refractivity contribution in [3.05, 3.63) is 23.3 Å². The van der Waals surface area contributed by atoms with Gasteiger partial charge in [0, 0.05) is 37.6 Å². The number of rotatable bonds is 1. The second-order valence-corrected chi connectivity index (χ2v) is 6.98. The van der Waals surface area contributed by atoms with Crippen molar-refractivity contribution in [2.24, 2.45) is 4.99 Å². The number of carbonyl (C=O) groups excluding carboxylic acids is 1. The van der Waals surface area contributed by atoms with Crippen molar-refractivity contribution >= 4 is 11.5 Å². The van der Waals surface area contributed by atoms with E-state index in [0.717, 1.165) is 23.3 Å². The summed E-state index contributed by atoms with van der Waals surface area (Å²) < 4.78 is 11.5. The Morgan fingerprint density at radius 3 is 2.91 bits per heavy atom. The molecular weight excluding hydrogens is 294 g/mol. The highest BCUT2D eigenvalue weighted by molar-refractivity contribution is 5.97. The second kappa shape index (κ2) is 4.57. The Bertz CT molecular complexity index is 737. The lowest BCUT2D eigenvalue weighted by molar-refractivity contribution is -0.146. The molecule has 1 aliphatic heterocycles. The smallest absolute Gasteiger partial charge is 0.174 e. The second-order valence-electron chi connectivity index (χ2n) is 6.98. The predicted molar refractivity (Wildman–Crippen MR) is 85.6 cm³/mol. The van der Waals surface area contributed by atoms with E-state index in [-0.39, 0.29) is 5.78 Å². The first-order chi connectivity index (χ1) is 10.9. The van der Waals surface area contributed by atoms with Crippen LogP contribution in [-0.2, 0) is 16.6 Å². The summed E-state index contributed by atoms with van der Waals surface area (Å²) in [6, 6.07) is 3.88. The molecule has 5 heteroatoms. The lowest BCUT2D eigenvalue weighted by atomic mass is 9.54. The fourth-order valence-corrected chi connectivity index (χ4v) is 4.61. The van der Waals surface area contributed by atoms with Gasteiger partial charge in [0.15, 0.2) is 23.4 Å². The lowest BCUT2D eigenvalue weighted by Gasteiger charge is -2.50. The largest absolute Gasteiger partial charge is 0.493 e. The lowest BCUT2D eigenvalue weighted by Crippen LogP contribution is -2.63. The average molecular weight is 315 g/mol. The van der Waals surface area contributed by atoms with Gasteiger partial charge < -0.3 is 14.6 Å². The van der Waals surface area contributed by atoms with E-state index in [9.17, 15) is 9.90 Å². The third-order valence-corrected chi connectivity index (χ3v) is 5.86. The number of carbonyl (C=O) groups is 1. The third kappa shape index (κ3) is 1.66. The van der Waals surface area contributed by atoms with Crippen molar-refractivity contribution in [3.8, 4) is 11.5 Å². The molecule has 0 bridgehead atoms. The Balaban J connectivity index is 2.06. The summed E-state index contributed by atoms with van der Waals surface area (Å²) in [5, 5.41) is 11.3. The number of methoxy groups -OCH3 is 1. The minimum atomic E-state index is -1.02. The van der Waals surface area contributed by atoms with Crippen LogP contribution in [0.3, 0.4) is 0 Å². The maximum absolute atomic E-state index is 12.6. The predicted octanol–water partition coefficient (Wildman–Crippen LogP) is 1.82. The number of hydrogen-bond donors (Lipinski definition) is 1. The normalized spacial score (nSPS) is 36.4. The van der Waals surface area contributed by atoms with Gasteiger partial charge in [-0.2, -0.15) is 0 Å². The van der Waals surface area contributed by atoms with Crippen molar-refractivity contribution in [1.29, 1.82) is 0 Å². The molecule has 5 nitrogen and oxygen atoms in total. The van der Waals surface area contributed by atoms with Crippen LogP contribution in [0.15, 0.2) is 17.1 Å². The summed E-state index contributed by atoms with van der Waals surface area (Å²) in [7, 11) is 3.36. The van der Waals surface area contributed by atoms with Gasteiger partial charge in [0.25, 0.3) is 0 Å². The molecular formula is C18H21NO4.